The Balaban J connectivity index is 0.00000363. The average molecular weight is 559 g/mol. The number of rotatable bonds is 11. The summed E-state index contributed by atoms with van der Waals surface area (Å²) in [5, 5.41) is 6.87. The fraction of sp³-hybridized carbons (Fsp3) is 0.720. The van der Waals surface area contributed by atoms with Gasteiger partial charge in [-0.1, -0.05) is 37.8 Å². The lowest BCUT2D eigenvalue weighted by Crippen LogP contribution is -2.38. The van der Waals surface area contributed by atoms with E-state index >= 15 is 0 Å². The van der Waals surface area contributed by atoms with Crippen LogP contribution >= 0.6 is 24.0 Å². The lowest BCUT2D eigenvalue weighted by atomic mass is 10.0. The van der Waals surface area contributed by atoms with Crippen molar-refractivity contribution >= 4 is 29.9 Å². The minimum Gasteiger partial charge on any atom is -0.492 e. The van der Waals surface area contributed by atoms with E-state index in [2.05, 4.69) is 45.8 Å². The van der Waals surface area contributed by atoms with Crippen molar-refractivity contribution in [3.05, 3.63) is 29.8 Å². The number of likely N-dealkylation sites (N-methyl/N-ethyl adjacent to an activating group) is 1. The first-order valence-electron chi connectivity index (χ1n) is 12.2. The van der Waals surface area contributed by atoms with Gasteiger partial charge in [0.05, 0.1) is 0 Å². The Morgan fingerprint density at radius 1 is 1.16 bits per heavy atom. The first-order valence-corrected chi connectivity index (χ1v) is 12.2. The Kier molecular flexibility index (Phi) is 13.4. The number of aliphatic imine (C=N–C) groups is 1. The predicted molar refractivity (Wildman–Crippen MR) is 143 cm³/mol. The molecule has 7 heteroatoms. The van der Waals surface area contributed by atoms with Crippen LogP contribution in [0.15, 0.2) is 29.3 Å². The molecule has 2 aliphatic rings. The molecule has 0 aromatic heterocycles. The second-order valence-electron chi connectivity index (χ2n) is 8.97. The van der Waals surface area contributed by atoms with E-state index in [1.54, 1.807) is 0 Å². The topological polar surface area (TPSA) is 58.1 Å². The van der Waals surface area contributed by atoms with Crippen LogP contribution < -0.4 is 15.4 Å². The van der Waals surface area contributed by atoms with Crippen molar-refractivity contribution in [2.75, 3.05) is 47.0 Å². The second kappa shape index (κ2) is 15.7. The summed E-state index contributed by atoms with van der Waals surface area (Å²) in [5.41, 5.74) is 1.20. The van der Waals surface area contributed by atoms with Gasteiger partial charge in [0.1, 0.15) is 12.4 Å². The molecule has 182 valence electrons. The van der Waals surface area contributed by atoms with Crippen LogP contribution in [0.4, 0.5) is 0 Å². The third-order valence-electron chi connectivity index (χ3n) is 6.67. The third kappa shape index (κ3) is 9.83. The third-order valence-corrected chi connectivity index (χ3v) is 6.67. The number of hydrogen-bond acceptors (Lipinski definition) is 4. The molecule has 0 radical (unpaired) electrons. The molecule has 0 amide bonds. The van der Waals surface area contributed by atoms with Crippen LogP contribution in [-0.4, -0.2) is 63.9 Å². The Hall–Kier alpha value is -1.06. The van der Waals surface area contributed by atoms with E-state index in [0.29, 0.717) is 12.6 Å². The molecule has 1 aliphatic heterocycles. The first-order chi connectivity index (χ1) is 15.2. The number of guanidine groups is 1. The second-order valence-corrected chi connectivity index (χ2v) is 8.97. The maximum Gasteiger partial charge on any atom is 0.191 e. The van der Waals surface area contributed by atoms with Crippen LogP contribution in [0.5, 0.6) is 5.75 Å². The molecule has 1 saturated heterocycles. The highest BCUT2D eigenvalue weighted by molar-refractivity contribution is 14.0. The highest BCUT2D eigenvalue weighted by Crippen LogP contribution is 2.28. The zero-order valence-corrected chi connectivity index (χ0v) is 22.3. The zero-order valence-electron chi connectivity index (χ0n) is 20.0. The monoisotopic (exact) mass is 558 g/mol. The molecule has 0 bridgehead atoms. The molecule has 1 aromatic carbocycles. The van der Waals surface area contributed by atoms with Gasteiger partial charge in [0, 0.05) is 45.9 Å². The largest absolute Gasteiger partial charge is 0.492 e. The summed E-state index contributed by atoms with van der Waals surface area (Å²) >= 11 is 0. The van der Waals surface area contributed by atoms with Crippen molar-refractivity contribution in [2.24, 2.45) is 10.9 Å². The minimum absolute atomic E-state index is 0. The molecule has 1 aliphatic carbocycles. The molecule has 0 spiro atoms. The Morgan fingerprint density at radius 2 is 1.94 bits per heavy atom. The lowest BCUT2D eigenvalue weighted by molar-refractivity contribution is 0.0392. The maximum atomic E-state index is 6.02. The molecule has 1 aromatic rings. The maximum absolute atomic E-state index is 6.02. The quantitative estimate of drug-likeness (QED) is 0.182. The van der Waals surface area contributed by atoms with E-state index in [-0.39, 0.29) is 24.0 Å². The highest BCUT2D eigenvalue weighted by atomic mass is 127. The van der Waals surface area contributed by atoms with Gasteiger partial charge >= 0.3 is 0 Å². The molecule has 1 heterocycles. The molecule has 2 fully saturated rings. The molecule has 0 unspecified atom stereocenters. The van der Waals surface area contributed by atoms with Gasteiger partial charge in [-0.3, -0.25) is 9.89 Å². The van der Waals surface area contributed by atoms with Gasteiger partial charge in [-0.15, -0.1) is 24.0 Å². The summed E-state index contributed by atoms with van der Waals surface area (Å²) in [4.78, 5) is 6.76. The van der Waals surface area contributed by atoms with Gasteiger partial charge in [-0.05, 0) is 56.3 Å². The number of nitrogens with zero attached hydrogens (tertiary/aromatic N) is 2. The lowest BCUT2D eigenvalue weighted by Gasteiger charge is -2.31. The number of hydrogen-bond donors (Lipinski definition) is 2. The smallest absolute Gasteiger partial charge is 0.191 e. The number of nitrogens with one attached hydrogen (secondary N) is 2. The van der Waals surface area contributed by atoms with E-state index in [9.17, 15) is 0 Å². The molecule has 32 heavy (non-hydrogen) atoms. The van der Waals surface area contributed by atoms with Crippen LogP contribution in [0.2, 0.25) is 0 Å². The number of benzene rings is 1. The summed E-state index contributed by atoms with van der Waals surface area (Å²) in [6, 6.07) is 8.96. The minimum atomic E-state index is 0. The van der Waals surface area contributed by atoms with Gasteiger partial charge < -0.3 is 20.1 Å². The Labute approximate surface area is 211 Å². The standard InChI is InChI=1S/C25H42N4O2.HI/c1-26-25(27-14-6-10-21-7-3-4-8-21)28-20-22-9-5-11-24(19-22)31-18-15-29(2)23-12-16-30-17-13-23;/h5,9,11,19,21,23H,3-4,6-8,10,12-18,20H2,1-2H3,(H2,26,27,28);1H. The molecule has 0 atom stereocenters. The summed E-state index contributed by atoms with van der Waals surface area (Å²) in [6.45, 7) is 5.12. The van der Waals surface area contributed by atoms with Gasteiger partial charge in [0.2, 0.25) is 0 Å². The summed E-state index contributed by atoms with van der Waals surface area (Å²) in [6.07, 6.45) is 10.5. The SMILES string of the molecule is CN=C(NCCCC1CCCC1)NCc1cccc(OCCN(C)C2CCOCC2)c1.I. The fourth-order valence-corrected chi connectivity index (χ4v) is 4.66. The van der Waals surface area contributed by atoms with Crippen LogP contribution in [-0.2, 0) is 11.3 Å². The summed E-state index contributed by atoms with van der Waals surface area (Å²) in [7, 11) is 4.02. The van der Waals surface area contributed by atoms with E-state index in [1.807, 2.05) is 13.1 Å². The fourth-order valence-electron chi connectivity index (χ4n) is 4.66. The van der Waals surface area contributed by atoms with Gasteiger partial charge in [-0.2, -0.15) is 0 Å². The van der Waals surface area contributed by atoms with Crippen molar-refractivity contribution in [1.82, 2.24) is 15.5 Å². The van der Waals surface area contributed by atoms with Crippen LogP contribution in [0.25, 0.3) is 0 Å². The number of halogens is 1. The molecule has 6 nitrogen and oxygen atoms in total. The van der Waals surface area contributed by atoms with Crippen molar-refractivity contribution < 1.29 is 9.47 Å². The first kappa shape index (κ1) is 27.2. The Morgan fingerprint density at radius 3 is 2.69 bits per heavy atom. The van der Waals surface area contributed by atoms with E-state index in [4.69, 9.17) is 9.47 Å². The van der Waals surface area contributed by atoms with Crippen LogP contribution in [0.3, 0.4) is 0 Å². The van der Waals surface area contributed by atoms with Crippen LogP contribution in [0.1, 0.15) is 56.9 Å². The Bertz CT molecular complexity index is 661. The normalized spacial score (nSPS) is 17.9. The molecular formula is C25H43IN4O2. The average Bonchev–Trinajstić information content (AvgIpc) is 3.33. The molecule has 3 rings (SSSR count). The van der Waals surface area contributed by atoms with Crippen molar-refractivity contribution in [3.63, 3.8) is 0 Å². The molecule has 1 saturated carbocycles. The zero-order chi connectivity index (χ0) is 21.7. The van der Waals surface area contributed by atoms with E-state index in [0.717, 1.165) is 63.3 Å². The summed E-state index contributed by atoms with van der Waals surface area (Å²) in [5.74, 6) is 2.76. The van der Waals surface area contributed by atoms with E-state index < -0.39 is 0 Å². The van der Waals surface area contributed by atoms with Crippen LogP contribution in [0, 0.1) is 5.92 Å². The van der Waals surface area contributed by atoms with Crippen molar-refractivity contribution in [1.29, 1.82) is 0 Å². The van der Waals surface area contributed by atoms with Gasteiger partial charge in [0.25, 0.3) is 0 Å². The van der Waals surface area contributed by atoms with Crippen molar-refractivity contribution in [3.8, 4) is 5.75 Å². The van der Waals surface area contributed by atoms with E-state index in [1.165, 1.54) is 44.1 Å². The molecule has 2 N–H and O–H groups in total. The molecular weight excluding hydrogens is 515 g/mol. The highest BCUT2D eigenvalue weighted by Gasteiger charge is 2.18. The number of ether oxygens (including phenoxy) is 2. The predicted octanol–water partition coefficient (Wildman–Crippen LogP) is 4.43. The van der Waals surface area contributed by atoms with Crippen molar-refractivity contribution in [2.45, 2.75) is 64.0 Å². The van der Waals surface area contributed by atoms with Gasteiger partial charge in [-0.25, -0.2) is 0 Å². The van der Waals surface area contributed by atoms with Gasteiger partial charge in [0.15, 0.2) is 5.96 Å². The summed E-state index contributed by atoms with van der Waals surface area (Å²) < 4.78 is 11.5.